The van der Waals surface area contributed by atoms with Gasteiger partial charge in [-0.05, 0) is 43.2 Å². The van der Waals surface area contributed by atoms with Gasteiger partial charge in [0.1, 0.15) is 16.5 Å². The monoisotopic (exact) mass is 496 g/mol. The maximum atomic E-state index is 12.6. The van der Waals surface area contributed by atoms with Crippen LogP contribution in [0, 0.1) is 0 Å². The van der Waals surface area contributed by atoms with Gasteiger partial charge in [0, 0.05) is 11.4 Å². The van der Waals surface area contributed by atoms with E-state index in [0.717, 1.165) is 11.3 Å². The first-order chi connectivity index (χ1) is 15.7. The van der Waals surface area contributed by atoms with Crippen molar-refractivity contribution in [2.45, 2.75) is 24.8 Å². The van der Waals surface area contributed by atoms with E-state index in [1.165, 1.54) is 43.4 Å². The summed E-state index contributed by atoms with van der Waals surface area (Å²) in [6.45, 7) is 2.50. The number of fused-ring (bicyclic) bond motifs is 1. The van der Waals surface area contributed by atoms with E-state index in [4.69, 9.17) is 14.2 Å². The SMILES string of the molecule is CCOC(=O)N1CCc2c(sc(NC(=O)CS(=O)(=O)c3ccc(OC)cc3)c2C(=O)OC)C1. The lowest BCUT2D eigenvalue weighted by molar-refractivity contribution is -0.113. The molecule has 0 radical (unpaired) electrons. The summed E-state index contributed by atoms with van der Waals surface area (Å²) in [4.78, 5) is 39.3. The predicted molar refractivity (Wildman–Crippen MR) is 120 cm³/mol. The second-order valence-electron chi connectivity index (χ2n) is 7.05. The Labute approximate surface area is 195 Å². The van der Waals surface area contributed by atoms with Crippen LogP contribution in [0.15, 0.2) is 29.2 Å². The number of carbonyl (C=O) groups is 3. The van der Waals surface area contributed by atoms with Crippen LogP contribution < -0.4 is 10.1 Å². The first-order valence-corrected chi connectivity index (χ1v) is 12.5. The van der Waals surface area contributed by atoms with Gasteiger partial charge in [0.05, 0.1) is 37.8 Å². The minimum absolute atomic E-state index is 0.0257. The molecular weight excluding hydrogens is 472 g/mol. The molecule has 0 atom stereocenters. The van der Waals surface area contributed by atoms with Crippen molar-refractivity contribution in [3.8, 4) is 5.75 Å². The van der Waals surface area contributed by atoms with Crippen molar-refractivity contribution in [1.82, 2.24) is 4.90 Å². The number of thiophene rings is 1. The number of hydrogen-bond acceptors (Lipinski definition) is 9. The normalized spacial score (nSPS) is 13.1. The number of carbonyl (C=O) groups excluding carboxylic acids is 3. The Morgan fingerprint density at radius 2 is 1.85 bits per heavy atom. The molecule has 0 saturated heterocycles. The first kappa shape index (κ1) is 24.5. The quantitative estimate of drug-likeness (QED) is 0.579. The molecule has 178 valence electrons. The van der Waals surface area contributed by atoms with Crippen LogP contribution in [0.4, 0.5) is 9.80 Å². The third-order valence-electron chi connectivity index (χ3n) is 4.97. The largest absolute Gasteiger partial charge is 0.497 e. The molecule has 0 unspecified atom stereocenters. The molecule has 1 N–H and O–H groups in total. The molecule has 0 saturated carbocycles. The van der Waals surface area contributed by atoms with Crippen LogP contribution in [0.3, 0.4) is 0 Å². The van der Waals surface area contributed by atoms with Crippen molar-refractivity contribution in [3.63, 3.8) is 0 Å². The number of esters is 1. The summed E-state index contributed by atoms with van der Waals surface area (Å²) in [6, 6.07) is 5.69. The van der Waals surface area contributed by atoms with Gasteiger partial charge in [0.2, 0.25) is 5.91 Å². The number of ether oxygens (including phenoxy) is 3. The van der Waals surface area contributed by atoms with Crippen molar-refractivity contribution in [2.75, 3.05) is 38.4 Å². The Kier molecular flexibility index (Phi) is 7.59. The van der Waals surface area contributed by atoms with Crippen LogP contribution in [0.2, 0.25) is 0 Å². The van der Waals surface area contributed by atoms with Gasteiger partial charge in [-0.3, -0.25) is 4.79 Å². The van der Waals surface area contributed by atoms with Gasteiger partial charge in [0.15, 0.2) is 9.84 Å². The van der Waals surface area contributed by atoms with Crippen molar-refractivity contribution >= 4 is 44.1 Å². The Morgan fingerprint density at radius 3 is 2.45 bits per heavy atom. The van der Waals surface area contributed by atoms with Gasteiger partial charge >= 0.3 is 12.1 Å². The molecule has 2 aromatic rings. The molecule has 2 amide bonds. The highest BCUT2D eigenvalue weighted by Crippen LogP contribution is 2.38. The van der Waals surface area contributed by atoms with Gasteiger partial charge in [-0.15, -0.1) is 11.3 Å². The van der Waals surface area contributed by atoms with Crippen LogP contribution in [0.1, 0.15) is 27.7 Å². The summed E-state index contributed by atoms with van der Waals surface area (Å²) in [6.07, 6.45) is -0.0953. The van der Waals surface area contributed by atoms with Crippen LogP contribution in [0.25, 0.3) is 0 Å². The van der Waals surface area contributed by atoms with E-state index in [1.807, 2.05) is 0 Å². The molecule has 0 spiro atoms. The summed E-state index contributed by atoms with van der Waals surface area (Å²) in [5.41, 5.74) is 0.844. The number of benzene rings is 1. The number of amides is 2. The standard InChI is InChI=1S/C21H24N2O8S2/c1-4-31-21(26)23-10-9-15-16(11-23)32-19(18(15)20(25)30-3)22-17(24)12-33(27,28)14-7-5-13(29-2)6-8-14/h5-8H,4,9-12H2,1-3H3,(H,22,24). The fourth-order valence-electron chi connectivity index (χ4n) is 3.38. The lowest BCUT2D eigenvalue weighted by atomic mass is 10.0. The number of nitrogens with one attached hydrogen (secondary N) is 1. The molecule has 33 heavy (non-hydrogen) atoms. The molecule has 1 aliphatic rings. The molecule has 2 heterocycles. The summed E-state index contributed by atoms with van der Waals surface area (Å²) in [5, 5.41) is 2.73. The highest BCUT2D eigenvalue weighted by atomic mass is 32.2. The Bertz CT molecular complexity index is 1160. The van der Waals surface area contributed by atoms with Gasteiger partial charge in [-0.2, -0.15) is 0 Å². The third kappa shape index (κ3) is 5.45. The van der Waals surface area contributed by atoms with E-state index in [9.17, 15) is 22.8 Å². The minimum atomic E-state index is -3.92. The van der Waals surface area contributed by atoms with E-state index in [2.05, 4.69) is 5.32 Å². The fourth-order valence-corrected chi connectivity index (χ4v) is 5.78. The number of methoxy groups -OCH3 is 2. The highest BCUT2D eigenvalue weighted by molar-refractivity contribution is 7.92. The Balaban J connectivity index is 1.81. The minimum Gasteiger partial charge on any atom is -0.497 e. The summed E-state index contributed by atoms with van der Waals surface area (Å²) in [5.74, 6) is -1.76. The second kappa shape index (κ2) is 10.2. The topological polar surface area (TPSA) is 128 Å². The van der Waals surface area contributed by atoms with Crippen LogP contribution in [-0.2, 0) is 37.1 Å². The lowest BCUT2D eigenvalue weighted by Crippen LogP contribution is -2.36. The molecule has 0 bridgehead atoms. The van der Waals surface area contributed by atoms with Crippen molar-refractivity contribution < 1.29 is 37.0 Å². The Hall–Kier alpha value is -3.12. The van der Waals surface area contributed by atoms with Crippen LogP contribution in [-0.4, -0.2) is 64.4 Å². The smallest absolute Gasteiger partial charge is 0.410 e. The molecule has 0 fully saturated rings. The molecular formula is C21H24N2O8S2. The van der Waals surface area contributed by atoms with E-state index in [-0.39, 0.29) is 28.6 Å². The predicted octanol–water partition coefficient (Wildman–Crippen LogP) is 2.47. The summed E-state index contributed by atoms with van der Waals surface area (Å²) < 4.78 is 40.2. The number of hydrogen-bond donors (Lipinski definition) is 1. The number of anilines is 1. The number of sulfone groups is 1. The Morgan fingerprint density at radius 1 is 1.15 bits per heavy atom. The van der Waals surface area contributed by atoms with E-state index < -0.39 is 33.6 Å². The van der Waals surface area contributed by atoms with Gasteiger partial charge < -0.3 is 24.4 Å². The fraction of sp³-hybridized carbons (Fsp3) is 0.381. The van der Waals surface area contributed by atoms with E-state index in [0.29, 0.717) is 29.2 Å². The molecule has 3 rings (SSSR count). The van der Waals surface area contributed by atoms with Gasteiger partial charge in [-0.1, -0.05) is 0 Å². The highest BCUT2D eigenvalue weighted by Gasteiger charge is 2.32. The van der Waals surface area contributed by atoms with Crippen molar-refractivity contribution in [1.29, 1.82) is 0 Å². The molecule has 1 aromatic heterocycles. The van der Waals surface area contributed by atoms with Crippen molar-refractivity contribution in [2.24, 2.45) is 0 Å². The maximum absolute atomic E-state index is 12.6. The lowest BCUT2D eigenvalue weighted by Gasteiger charge is -2.26. The average molecular weight is 497 g/mol. The zero-order chi connectivity index (χ0) is 24.2. The average Bonchev–Trinajstić information content (AvgIpc) is 3.15. The third-order valence-corrected chi connectivity index (χ3v) is 7.73. The molecule has 0 aliphatic carbocycles. The molecule has 10 nitrogen and oxygen atoms in total. The second-order valence-corrected chi connectivity index (χ2v) is 10.1. The summed E-state index contributed by atoms with van der Waals surface area (Å²) in [7, 11) is -1.24. The molecule has 12 heteroatoms. The first-order valence-electron chi connectivity index (χ1n) is 10.0. The number of rotatable bonds is 7. The van der Waals surface area contributed by atoms with Gasteiger partial charge in [0.25, 0.3) is 0 Å². The number of nitrogens with zero attached hydrogens (tertiary/aromatic N) is 1. The maximum Gasteiger partial charge on any atom is 0.410 e. The zero-order valence-corrected chi connectivity index (χ0v) is 20.0. The van der Waals surface area contributed by atoms with Gasteiger partial charge in [-0.25, -0.2) is 18.0 Å². The van der Waals surface area contributed by atoms with E-state index >= 15 is 0 Å². The summed E-state index contributed by atoms with van der Waals surface area (Å²) >= 11 is 1.11. The molecule has 1 aromatic carbocycles. The van der Waals surface area contributed by atoms with Crippen LogP contribution >= 0.6 is 11.3 Å². The zero-order valence-electron chi connectivity index (χ0n) is 18.4. The van der Waals surface area contributed by atoms with Crippen LogP contribution in [0.5, 0.6) is 5.75 Å². The molecule has 1 aliphatic heterocycles. The van der Waals surface area contributed by atoms with Crippen molar-refractivity contribution in [3.05, 3.63) is 40.3 Å². The van der Waals surface area contributed by atoms with E-state index in [1.54, 1.807) is 6.92 Å².